The second-order valence-corrected chi connectivity index (χ2v) is 6.60. The molecule has 0 saturated heterocycles. The zero-order valence-electron chi connectivity index (χ0n) is 13.4. The molecule has 0 amide bonds. The average Bonchev–Trinajstić information content (AvgIpc) is 3.12. The molecule has 8 heteroatoms. The molecule has 5 aromatic rings. The monoisotopic (exact) mass is 331 g/mol. The number of hydrogen-bond donors (Lipinski definition) is 0. The van der Waals surface area contributed by atoms with E-state index < -0.39 is 0 Å². The van der Waals surface area contributed by atoms with E-state index in [1.165, 1.54) is 0 Å². The molecular weight excluding hydrogens is 318 g/mol. The Bertz CT molecular complexity index is 1260. The van der Waals surface area contributed by atoms with Gasteiger partial charge in [0.1, 0.15) is 12.0 Å². The molecule has 1 fully saturated rings. The fraction of sp³-hybridized carbons (Fsp3) is 0.235. The van der Waals surface area contributed by atoms with Gasteiger partial charge in [-0.25, -0.2) is 4.98 Å². The number of rotatable bonds is 2. The summed E-state index contributed by atoms with van der Waals surface area (Å²) in [5, 5.41) is 13.8. The molecule has 6 rings (SSSR count). The van der Waals surface area contributed by atoms with E-state index in [9.17, 15) is 0 Å². The highest BCUT2D eigenvalue weighted by Crippen LogP contribution is 2.45. The van der Waals surface area contributed by atoms with Crippen molar-refractivity contribution in [1.29, 1.82) is 0 Å². The van der Waals surface area contributed by atoms with Crippen LogP contribution in [0, 0.1) is 5.92 Å². The summed E-state index contributed by atoms with van der Waals surface area (Å²) in [5.74, 6) is 2.70. The number of benzene rings is 1. The maximum atomic E-state index is 5.49. The van der Waals surface area contributed by atoms with Gasteiger partial charge in [-0.15, -0.1) is 10.2 Å². The fourth-order valence-corrected chi connectivity index (χ4v) is 3.48. The van der Waals surface area contributed by atoms with E-state index in [4.69, 9.17) is 4.52 Å². The van der Waals surface area contributed by atoms with Crippen molar-refractivity contribution in [2.45, 2.75) is 19.3 Å². The summed E-state index contributed by atoms with van der Waals surface area (Å²) >= 11 is 0. The van der Waals surface area contributed by atoms with E-state index in [1.807, 2.05) is 33.1 Å². The molecule has 0 aliphatic heterocycles. The maximum Gasteiger partial charge on any atom is 0.296 e. The Balaban J connectivity index is 1.68. The largest absolute Gasteiger partial charge is 0.330 e. The highest BCUT2D eigenvalue weighted by Gasteiger charge is 2.38. The number of aromatic nitrogens is 7. The summed E-state index contributed by atoms with van der Waals surface area (Å²) in [6.07, 6.45) is 4.68. The van der Waals surface area contributed by atoms with Crippen LogP contribution in [0.3, 0.4) is 0 Å². The standard InChI is InChI=1S/C17H13N7O/c1-9-6-11(9)14-19-17(25-22-14)16-21-20-15-10-4-2-3-5-12(10)23-8-18-7-13(23)24(15)16/h2-5,7-9,11H,6H2,1H3. The van der Waals surface area contributed by atoms with E-state index in [-0.39, 0.29) is 0 Å². The second-order valence-electron chi connectivity index (χ2n) is 6.60. The Hall–Kier alpha value is -3.29. The zero-order valence-corrected chi connectivity index (χ0v) is 13.4. The third kappa shape index (κ3) is 1.68. The molecule has 1 aliphatic carbocycles. The molecule has 0 spiro atoms. The Morgan fingerprint density at radius 2 is 2.08 bits per heavy atom. The Kier molecular flexibility index (Phi) is 2.30. The molecule has 0 bridgehead atoms. The molecule has 8 nitrogen and oxygen atoms in total. The molecule has 4 aromatic heterocycles. The molecular formula is C17H13N7O. The summed E-state index contributed by atoms with van der Waals surface area (Å²) in [5.41, 5.74) is 2.63. The first-order valence-electron chi connectivity index (χ1n) is 8.23. The highest BCUT2D eigenvalue weighted by molar-refractivity contribution is 5.94. The van der Waals surface area contributed by atoms with Crippen molar-refractivity contribution in [3.05, 3.63) is 42.6 Å². The van der Waals surface area contributed by atoms with Crippen molar-refractivity contribution < 1.29 is 4.52 Å². The van der Waals surface area contributed by atoms with Crippen LogP contribution in [0.5, 0.6) is 0 Å². The van der Waals surface area contributed by atoms with Gasteiger partial charge >= 0.3 is 0 Å². The predicted octanol–water partition coefficient (Wildman–Crippen LogP) is 2.70. The summed E-state index contributed by atoms with van der Waals surface area (Å²) in [6, 6.07) is 8.04. The Morgan fingerprint density at radius 1 is 1.20 bits per heavy atom. The molecule has 1 aliphatic rings. The van der Waals surface area contributed by atoms with Gasteiger partial charge < -0.3 is 4.52 Å². The average molecular weight is 331 g/mol. The highest BCUT2D eigenvalue weighted by atomic mass is 16.5. The lowest BCUT2D eigenvalue weighted by atomic mass is 10.2. The molecule has 1 aromatic carbocycles. The lowest BCUT2D eigenvalue weighted by Gasteiger charge is -2.05. The van der Waals surface area contributed by atoms with E-state index in [2.05, 4.69) is 32.2 Å². The first-order valence-corrected chi connectivity index (χ1v) is 8.23. The van der Waals surface area contributed by atoms with Crippen LogP contribution < -0.4 is 0 Å². The van der Waals surface area contributed by atoms with Crippen LogP contribution in [-0.4, -0.2) is 34.1 Å². The Labute approximate surface area is 141 Å². The van der Waals surface area contributed by atoms with E-state index in [1.54, 1.807) is 12.5 Å². The molecule has 0 N–H and O–H groups in total. The third-order valence-corrected chi connectivity index (χ3v) is 4.99. The predicted molar refractivity (Wildman–Crippen MR) is 89.1 cm³/mol. The first-order chi connectivity index (χ1) is 12.3. The van der Waals surface area contributed by atoms with Crippen molar-refractivity contribution in [3.8, 4) is 11.7 Å². The van der Waals surface area contributed by atoms with Gasteiger partial charge in [0.05, 0.1) is 11.7 Å². The van der Waals surface area contributed by atoms with Gasteiger partial charge in [0.25, 0.3) is 5.89 Å². The van der Waals surface area contributed by atoms with Gasteiger partial charge in [-0.3, -0.25) is 8.80 Å². The number of fused-ring (bicyclic) bond motifs is 6. The van der Waals surface area contributed by atoms with Gasteiger partial charge in [0.2, 0.25) is 5.82 Å². The van der Waals surface area contributed by atoms with Crippen molar-refractivity contribution in [2.24, 2.45) is 5.92 Å². The smallest absolute Gasteiger partial charge is 0.296 e. The van der Waals surface area contributed by atoms with Crippen molar-refractivity contribution in [1.82, 2.24) is 34.1 Å². The van der Waals surface area contributed by atoms with Gasteiger partial charge in [0, 0.05) is 11.3 Å². The molecule has 2 atom stereocenters. The van der Waals surface area contributed by atoms with Gasteiger partial charge in [-0.05, 0) is 24.5 Å². The minimum absolute atomic E-state index is 0.389. The number of para-hydroxylation sites is 1. The molecule has 122 valence electrons. The minimum Gasteiger partial charge on any atom is -0.330 e. The number of nitrogens with zero attached hydrogens (tertiary/aromatic N) is 7. The van der Waals surface area contributed by atoms with Crippen molar-refractivity contribution in [2.75, 3.05) is 0 Å². The minimum atomic E-state index is 0.389. The Morgan fingerprint density at radius 3 is 2.96 bits per heavy atom. The van der Waals surface area contributed by atoms with Gasteiger partial charge in [-0.2, -0.15) is 4.98 Å². The lowest BCUT2D eigenvalue weighted by Crippen LogP contribution is -1.98. The van der Waals surface area contributed by atoms with Crippen LogP contribution >= 0.6 is 0 Å². The molecule has 2 unspecified atom stereocenters. The van der Waals surface area contributed by atoms with E-state index >= 15 is 0 Å². The molecule has 25 heavy (non-hydrogen) atoms. The SMILES string of the molecule is CC1CC1c1noc(-c2nnc3c4ccccc4n4cncc4n23)n1. The van der Waals surface area contributed by atoms with Gasteiger partial charge in [-0.1, -0.05) is 24.2 Å². The summed E-state index contributed by atoms with van der Waals surface area (Å²) in [4.78, 5) is 8.84. The second kappa shape index (κ2) is 4.41. The molecule has 4 heterocycles. The third-order valence-electron chi connectivity index (χ3n) is 4.99. The normalized spacial score (nSPS) is 20.0. The van der Waals surface area contributed by atoms with E-state index in [0.717, 1.165) is 34.4 Å². The zero-order chi connectivity index (χ0) is 16.5. The summed E-state index contributed by atoms with van der Waals surface area (Å²) in [7, 11) is 0. The topological polar surface area (TPSA) is 86.4 Å². The van der Waals surface area contributed by atoms with Crippen LogP contribution in [0.15, 0.2) is 41.3 Å². The van der Waals surface area contributed by atoms with Crippen LogP contribution in [0.1, 0.15) is 25.1 Å². The molecule has 0 radical (unpaired) electrons. The lowest BCUT2D eigenvalue weighted by molar-refractivity contribution is 0.419. The van der Waals surface area contributed by atoms with Crippen LogP contribution in [-0.2, 0) is 0 Å². The maximum absolute atomic E-state index is 5.49. The van der Waals surface area contributed by atoms with E-state index in [0.29, 0.717) is 23.6 Å². The summed E-state index contributed by atoms with van der Waals surface area (Å²) < 4.78 is 9.42. The van der Waals surface area contributed by atoms with Crippen molar-refractivity contribution >= 4 is 22.2 Å². The fourth-order valence-electron chi connectivity index (χ4n) is 3.48. The first kappa shape index (κ1) is 13.1. The van der Waals surface area contributed by atoms with Crippen LogP contribution in [0.2, 0.25) is 0 Å². The number of imidazole rings is 1. The molecule has 1 saturated carbocycles. The van der Waals surface area contributed by atoms with Crippen LogP contribution in [0.4, 0.5) is 0 Å². The van der Waals surface area contributed by atoms with Gasteiger partial charge in [0.15, 0.2) is 11.5 Å². The summed E-state index contributed by atoms with van der Waals surface area (Å²) in [6.45, 7) is 2.19. The number of hydrogen-bond acceptors (Lipinski definition) is 6. The van der Waals surface area contributed by atoms with Crippen molar-refractivity contribution in [3.63, 3.8) is 0 Å². The quantitative estimate of drug-likeness (QED) is 0.494. The van der Waals surface area contributed by atoms with Crippen LogP contribution in [0.25, 0.3) is 33.9 Å².